The molecule has 3 N–H and O–H groups in total. The van der Waals surface area contributed by atoms with Crippen LogP contribution in [0.3, 0.4) is 0 Å². The van der Waals surface area contributed by atoms with Crippen molar-refractivity contribution in [2.45, 2.75) is 53.6 Å². The molecule has 3 atom stereocenters. The van der Waals surface area contributed by atoms with Crippen LogP contribution in [0.2, 0.25) is 0 Å². The maximum Gasteiger partial charge on any atom is 0.315 e. The average Bonchev–Trinajstić information content (AvgIpc) is 2.14. The largest absolute Gasteiger partial charge is 0.396 e. The van der Waals surface area contributed by atoms with Crippen LogP contribution < -0.4 is 10.6 Å². The van der Waals surface area contributed by atoms with E-state index in [1.165, 1.54) is 0 Å². The summed E-state index contributed by atoms with van der Waals surface area (Å²) >= 11 is 0. The smallest absolute Gasteiger partial charge is 0.315 e. The van der Waals surface area contributed by atoms with E-state index in [1.807, 2.05) is 20.8 Å². The fourth-order valence-electron chi connectivity index (χ4n) is 0.962. The van der Waals surface area contributed by atoms with Crippen LogP contribution in [0.5, 0.6) is 0 Å². The fourth-order valence-corrected chi connectivity index (χ4v) is 0.962. The topological polar surface area (TPSA) is 61.4 Å². The first-order valence-corrected chi connectivity index (χ1v) is 5.86. The molecule has 0 aromatic rings. The molecule has 0 spiro atoms. The van der Waals surface area contributed by atoms with E-state index in [9.17, 15) is 4.79 Å². The Morgan fingerprint density at radius 3 is 2.06 bits per heavy atom. The SMILES string of the molecule is CC(CO)C(C)NC(=O)NC(C)C(C)(C)C. The van der Waals surface area contributed by atoms with E-state index in [4.69, 9.17) is 5.11 Å². The summed E-state index contributed by atoms with van der Waals surface area (Å²) in [7, 11) is 0. The van der Waals surface area contributed by atoms with Gasteiger partial charge in [-0.2, -0.15) is 0 Å². The van der Waals surface area contributed by atoms with Gasteiger partial charge in [0.1, 0.15) is 0 Å². The fraction of sp³-hybridized carbons (Fsp3) is 0.917. The summed E-state index contributed by atoms with van der Waals surface area (Å²) in [5.41, 5.74) is 0.0448. The number of carbonyl (C=O) groups is 1. The lowest BCUT2D eigenvalue weighted by Crippen LogP contribution is -2.50. The van der Waals surface area contributed by atoms with Gasteiger partial charge in [-0.1, -0.05) is 27.7 Å². The molecule has 0 fully saturated rings. The second-order valence-electron chi connectivity index (χ2n) is 5.65. The van der Waals surface area contributed by atoms with E-state index in [-0.39, 0.29) is 36.1 Å². The van der Waals surface area contributed by atoms with Crippen molar-refractivity contribution in [3.63, 3.8) is 0 Å². The standard InChI is InChI=1S/C12H26N2O2/c1-8(7-15)9(2)13-11(16)14-10(3)12(4,5)6/h8-10,15H,7H2,1-6H3,(H2,13,14,16). The molecule has 0 aliphatic rings. The molecule has 2 amide bonds. The summed E-state index contributed by atoms with van der Waals surface area (Å²) < 4.78 is 0. The second kappa shape index (κ2) is 6.09. The number of hydrogen-bond acceptors (Lipinski definition) is 2. The molecule has 3 unspecified atom stereocenters. The quantitative estimate of drug-likeness (QED) is 0.689. The molecule has 4 nitrogen and oxygen atoms in total. The molecule has 0 aliphatic heterocycles. The molecule has 0 heterocycles. The van der Waals surface area contributed by atoms with E-state index >= 15 is 0 Å². The van der Waals surface area contributed by atoms with Crippen molar-refractivity contribution in [1.29, 1.82) is 0 Å². The number of urea groups is 1. The number of carbonyl (C=O) groups excluding carboxylic acids is 1. The van der Waals surface area contributed by atoms with E-state index in [1.54, 1.807) is 0 Å². The molecule has 0 saturated carbocycles. The molecule has 4 heteroatoms. The van der Waals surface area contributed by atoms with Crippen molar-refractivity contribution in [3.05, 3.63) is 0 Å². The van der Waals surface area contributed by atoms with Gasteiger partial charge in [0.25, 0.3) is 0 Å². The van der Waals surface area contributed by atoms with Gasteiger partial charge in [-0.15, -0.1) is 0 Å². The Morgan fingerprint density at radius 2 is 1.69 bits per heavy atom. The highest BCUT2D eigenvalue weighted by Crippen LogP contribution is 2.18. The van der Waals surface area contributed by atoms with Crippen molar-refractivity contribution in [3.8, 4) is 0 Å². The zero-order chi connectivity index (χ0) is 12.9. The van der Waals surface area contributed by atoms with Crippen LogP contribution in [0.15, 0.2) is 0 Å². The highest BCUT2D eigenvalue weighted by molar-refractivity contribution is 5.74. The van der Waals surface area contributed by atoms with Crippen molar-refractivity contribution in [2.75, 3.05) is 6.61 Å². The minimum atomic E-state index is -0.171. The molecule has 0 aliphatic carbocycles. The van der Waals surface area contributed by atoms with Crippen molar-refractivity contribution >= 4 is 6.03 Å². The van der Waals surface area contributed by atoms with Gasteiger partial charge in [-0.05, 0) is 25.2 Å². The number of nitrogens with one attached hydrogen (secondary N) is 2. The first kappa shape index (κ1) is 15.2. The van der Waals surface area contributed by atoms with Crippen LogP contribution in [-0.2, 0) is 0 Å². The van der Waals surface area contributed by atoms with Crippen LogP contribution >= 0.6 is 0 Å². The van der Waals surface area contributed by atoms with Crippen molar-refractivity contribution in [1.82, 2.24) is 10.6 Å². The Balaban J connectivity index is 4.09. The van der Waals surface area contributed by atoms with Crippen LogP contribution in [0.25, 0.3) is 0 Å². The van der Waals surface area contributed by atoms with Gasteiger partial charge in [0.05, 0.1) is 0 Å². The number of amides is 2. The van der Waals surface area contributed by atoms with E-state index in [0.29, 0.717) is 0 Å². The van der Waals surface area contributed by atoms with Gasteiger partial charge in [-0.25, -0.2) is 4.79 Å². The molecule has 0 bridgehead atoms. The van der Waals surface area contributed by atoms with Crippen molar-refractivity contribution < 1.29 is 9.90 Å². The molecule has 16 heavy (non-hydrogen) atoms. The minimum Gasteiger partial charge on any atom is -0.396 e. The third-order valence-electron chi connectivity index (χ3n) is 3.15. The van der Waals surface area contributed by atoms with E-state index < -0.39 is 0 Å². The molecule has 0 radical (unpaired) electrons. The van der Waals surface area contributed by atoms with Gasteiger partial charge < -0.3 is 15.7 Å². The average molecular weight is 230 g/mol. The van der Waals surface area contributed by atoms with E-state index in [2.05, 4.69) is 31.4 Å². The third-order valence-corrected chi connectivity index (χ3v) is 3.15. The molecule has 0 aromatic heterocycles. The molecular weight excluding hydrogens is 204 g/mol. The molecule has 0 saturated heterocycles. The maximum absolute atomic E-state index is 11.6. The van der Waals surface area contributed by atoms with Crippen LogP contribution in [-0.4, -0.2) is 29.8 Å². The lowest BCUT2D eigenvalue weighted by Gasteiger charge is -2.29. The molecular formula is C12H26N2O2. The Hall–Kier alpha value is -0.770. The third kappa shape index (κ3) is 5.35. The van der Waals surface area contributed by atoms with Crippen LogP contribution in [0, 0.1) is 11.3 Å². The molecule has 96 valence electrons. The van der Waals surface area contributed by atoms with Gasteiger partial charge in [0.15, 0.2) is 0 Å². The first-order chi connectivity index (χ1) is 7.18. The first-order valence-electron chi connectivity index (χ1n) is 5.86. The van der Waals surface area contributed by atoms with Crippen LogP contribution in [0.4, 0.5) is 4.79 Å². The highest BCUT2D eigenvalue weighted by Gasteiger charge is 2.22. The summed E-state index contributed by atoms with van der Waals surface area (Å²) in [4.78, 5) is 11.6. The summed E-state index contributed by atoms with van der Waals surface area (Å²) in [6.45, 7) is 12.1. The number of rotatable bonds is 4. The van der Waals surface area contributed by atoms with Crippen molar-refractivity contribution in [2.24, 2.45) is 11.3 Å². The summed E-state index contributed by atoms with van der Waals surface area (Å²) in [6.07, 6.45) is 0. The summed E-state index contributed by atoms with van der Waals surface area (Å²) in [5, 5.41) is 14.7. The predicted molar refractivity (Wildman–Crippen MR) is 66.3 cm³/mol. The lowest BCUT2D eigenvalue weighted by molar-refractivity contribution is 0.194. The Bertz CT molecular complexity index is 224. The summed E-state index contributed by atoms with van der Waals surface area (Å²) in [5.74, 6) is 0.0655. The molecule has 0 rings (SSSR count). The number of aliphatic hydroxyl groups excluding tert-OH is 1. The predicted octanol–water partition coefficient (Wildman–Crippen LogP) is 1.74. The maximum atomic E-state index is 11.6. The summed E-state index contributed by atoms with van der Waals surface area (Å²) in [6, 6.07) is -0.100. The van der Waals surface area contributed by atoms with E-state index in [0.717, 1.165) is 0 Å². The Kier molecular flexibility index (Phi) is 5.79. The van der Waals surface area contributed by atoms with Gasteiger partial charge >= 0.3 is 6.03 Å². The lowest BCUT2D eigenvalue weighted by atomic mass is 9.88. The van der Waals surface area contributed by atoms with Gasteiger partial charge in [0.2, 0.25) is 0 Å². The Morgan fingerprint density at radius 1 is 1.19 bits per heavy atom. The normalized spacial score (nSPS) is 17.4. The number of hydrogen-bond donors (Lipinski definition) is 3. The van der Waals surface area contributed by atoms with Gasteiger partial charge in [0, 0.05) is 18.7 Å². The highest BCUT2D eigenvalue weighted by atomic mass is 16.3. The van der Waals surface area contributed by atoms with Crippen LogP contribution in [0.1, 0.15) is 41.5 Å². The monoisotopic (exact) mass is 230 g/mol. The second-order valence-corrected chi connectivity index (χ2v) is 5.65. The minimum absolute atomic E-state index is 0.0304. The van der Waals surface area contributed by atoms with Gasteiger partial charge in [-0.3, -0.25) is 0 Å². The Labute approximate surface area is 98.8 Å². The zero-order valence-corrected chi connectivity index (χ0v) is 11.3. The number of aliphatic hydroxyl groups is 1. The molecule has 0 aromatic carbocycles. The zero-order valence-electron chi connectivity index (χ0n) is 11.3.